The molecule has 1 saturated heterocycles. The van der Waals surface area contributed by atoms with Gasteiger partial charge < -0.3 is 9.64 Å². The SMILES string of the molecule is CCCCC1C(=O)N=C(N2C(C)COCC2C)NC1=O. The summed E-state index contributed by atoms with van der Waals surface area (Å²) in [5, 5.41) is 2.80. The molecule has 0 aromatic carbocycles. The highest BCUT2D eigenvalue weighted by Crippen LogP contribution is 2.19. The van der Waals surface area contributed by atoms with Gasteiger partial charge in [0.25, 0.3) is 5.91 Å². The number of ether oxygens (including phenoxy) is 1. The number of nitrogens with zero attached hydrogens (tertiary/aromatic N) is 2. The molecule has 0 bridgehead atoms. The maximum atomic E-state index is 12.1. The maximum Gasteiger partial charge on any atom is 0.261 e. The molecule has 2 amide bonds. The molecule has 2 aliphatic heterocycles. The Morgan fingerprint density at radius 2 is 1.95 bits per heavy atom. The topological polar surface area (TPSA) is 71.0 Å². The molecular weight excluding hydrogens is 258 g/mol. The molecule has 3 atom stereocenters. The summed E-state index contributed by atoms with van der Waals surface area (Å²) >= 11 is 0. The van der Waals surface area contributed by atoms with Crippen molar-refractivity contribution in [1.82, 2.24) is 10.2 Å². The molecule has 0 radical (unpaired) electrons. The van der Waals surface area contributed by atoms with Crippen molar-refractivity contribution in [3.05, 3.63) is 0 Å². The van der Waals surface area contributed by atoms with E-state index in [1.54, 1.807) is 0 Å². The number of amides is 2. The van der Waals surface area contributed by atoms with Gasteiger partial charge in [-0.25, -0.2) is 0 Å². The Balaban J connectivity index is 2.14. The summed E-state index contributed by atoms with van der Waals surface area (Å²) < 4.78 is 5.45. The molecule has 1 N–H and O–H groups in total. The highest BCUT2D eigenvalue weighted by Gasteiger charge is 2.36. The number of guanidine groups is 1. The largest absolute Gasteiger partial charge is 0.377 e. The van der Waals surface area contributed by atoms with Crippen LogP contribution in [0.25, 0.3) is 0 Å². The Kier molecular flexibility index (Phi) is 4.75. The van der Waals surface area contributed by atoms with Crippen LogP contribution in [-0.2, 0) is 14.3 Å². The number of hydrogen-bond acceptors (Lipinski definition) is 4. The molecule has 0 aliphatic carbocycles. The minimum Gasteiger partial charge on any atom is -0.377 e. The van der Waals surface area contributed by atoms with Crippen molar-refractivity contribution in [2.75, 3.05) is 13.2 Å². The fourth-order valence-electron chi connectivity index (χ4n) is 2.73. The lowest BCUT2D eigenvalue weighted by molar-refractivity contribution is -0.134. The van der Waals surface area contributed by atoms with Crippen molar-refractivity contribution in [1.29, 1.82) is 0 Å². The predicted octanol–water partition coefficient (Wildman–Crippen LogP) is 0.914. The van der Waals surface area contributed by atoms with Gasteiger partial charge in [0.05, 0.1) is 25.3 Å². The Hall–Kier alpha value is -1.43. The van der Waals surface area contributed by atoms with Crippen molar-refractivity contribution in [3.63, 3.8) is 0 Å². The summed E-state index contributed by atoms with van der Waals surface area (Å²) in [5.74, 6) is -0.774. The minimum absolute atomic E-state index is 0.0952. The van der Waals surface area contributed by atoms with E-state index in [0.29, 0.717) is 25.6 Å². The van der Waals surface area contributed by atoms with Crippen molar-refractivity contribution >= 4 is 17.8 Å². The quantitative estimate of drug-likeness (QED) is 0.781. The molecule has 2 heterocycles. The van der Waals surface area contributed by atoms with Gasteiger partial charge in [0.1, 0.15) is 5.92 Å². The lowest BCUT2D eigenvalue weighted by Gasteiger charge is -2.41. The van der Waals surface area contributed by atoms with E-state index >= 15 is 0 Å². The predicted molar refractivity (Wildman–Crippen MR) is 75.2 cm³/mol. The molecule has 0 aromatic heterocycles. The fourth-order valence-corrected chi connectivity index (χ4v) is 2.73. The average molecular weight is 281 g/mol. The molecule has 3 unspecified atom stereocenters. The standard InChI is InChI=1S/C14H23N3O3/c1-4-5-6-11-12(18)15-14(16-13(11)19)17-9(2)7-20-8-10(17)3/h9-11H,4-8H2,1-3H3,(H,15,16,18,19). The van der Waals surface area contributed by atoms with Crippen molar-refractivity contribution in [2.24, 2.45) is 10.9 Å². The third kappa shape index (κ3) is 3.00. The van der Waals surface area contributed by atoms with Crippen molar-refractivity contribution < 1.29 is 14.3 Å². The van der Waals surface area contributed by atoms with Gasteiger partial charge in [-0.15, -0.1) is 0 Å². The first-order valence-electron chi connectivity index (χ1n) is 7.34. The third-order valence-electron chi connectivity index (χ3n) is 3.82. The number of morpholine rings is 1. The van der Waals surface area contributed by atoms with Crippen LogP contribution in [0.2, 0.25) is 0 Å². The first-order chi connectivity index (χ1) is 9.54. The lowest BCUT2D eigenvalue weighted by atomic mass is 9.99. The van der Waals surface area contributed by atoms with Crippen molar-refractivity contribution in [3.8, 4) is 0 Å². The minimum atomic E-state index is -0.620. The second-order valence-electron chi connectivity index (χ2n) is 5.60. The first-order valence-corrected chi connectivity index (χ1v) is 7.34. The molecule has 2 rings (SSSR count). The van der Waals surface area contributed by atoms with E-state index in [2.05, 4.69) is 10.3 Å². The van der Waals surface area contributed by atoms with Gasteiger partial charge >= 0.3 is 0 Å². The summed E-state index contributed by atoms with van der Waals surface area (Å²) in [4.78, 5) is 30.3. The average Bonchev–Trinajstić information content (AvgIpc) is 2.37. The number of aliphatic imine (C=N–C) groups is 1. The molecule has 20 heavy (non-hydrogen) atoms. The molecule has 6 nitrogen and oxygen atoms in total. The van der Waals surface area contributed by atoms with E-state index < -0.39 is 5.92 Å². The van der Waals surface area contributed by atoms with Gasteiger partial charge in [0.15, 0.2) is 0 Å². The molecular formula is C14H23N3O3. The second kappa shape index (κ2) is 6.35. The summed E-state index contributed by atoms with van der Waals surface area (Å²) in [6.07, 6.45) is 2.40. The van der Waals surface area contributed by atoms with Crippen LogP contribution in [0.3, 0.4) is 0 Å². The molecule has 0 aromatic rings. The molecule has 6 heteroatoms. The molecule has 1 fully saturated rings. The highest BCUT2D eigenvalue weighted by molar-refractivity contribution is 6.15. The van der Waals surface area contributed by atoms with E-state index in [1.165, 1.54) is 0 Å². The Morgan fingerprint density at radius 1 is 1.30 bits per heavy atom. The van der Waals surface area contributed by atoms with Crippen LogP contribution in [0.5, 0.6) is 0 Å². The Morgan fingerprint density at radius 3 is 2.50 bits per heavy atom. The zero-order chi connectivity index (χ0) is 14.7. The van der Waals surface area contributed by atoms with E-state index in [0.717, 1.165) is 12.8 Å². The number of carbonyl (C=O) groups is 2. The summed E-state index contributed by atoms with van der Waals surface area (Å²) in [6, 6.07) is 0.190. The fraction of sp³-hybridized carbons (Fsp3) is 0.786. The normalized spacial score (nSPS) is 31.1. The van der Waals surface area contributed by atoms with E-state index in [4.69, 9.17) is 4.74 Å². The third-order valence-corrected chi connectivity index (χ3v) is 3.82. The summed E-state index contributed by atoms with van der Waals surface area (Å²) in [5.41, 5.74) is 0. The molecule has 0 spiro atoms. The van der Waals surface area contributed by atoms with Crippen LogP contribution >= 0.6 is 0 Å². The number of nitrogens with one attached hydrogen (secondary N) is 1. The molecule has 0 saturated carbocycles. The number of carbonyl (C=O) groups excluding carboxylic acids is 2. The van der Waals surface area contributed by atoms with Crippen molar-refractivity contribution in [2.45, 2.75) is 52.1 Å². The molecule has 112 valence electrons. The van der Waals surface area contributed by atoms with Gasteiger partial charge in [-0.2, -0.15) is 4.99 Å². The smallest absolute Gasteiger partial charge is 0.261 e. The zero-order valence-electron chi connectivity index (χ0n) is 12.4. The van der Waals surface area contributed by atoms with Gasteiger partial charge in [0, 0.05) is 0 Å². The van der Waals surface area contributed by atoms with E-state index in [9.17, 15) is 9.59 Å². The highest BCUT2D eigenvalue weighted by atomic mass is 16.5. The Bertz CT molecular complexity index is 412. The van der Waals surface area contributed by atoms with Crippen LogP contribution in [0.4, 0.5) is 0 Å². The molecule has 2 aliphatic rings. The Labute approximate surface area is 119 Å². The zero-order valence-corrected chi connectivity index (χ0v) is 12.4. The van der Waals surface area contributed by atoms with Crippen LogP contribution in [0.15, 0.2) is 4.99 Å². The number of unbranched alkanes of at least 4 members (excludes halogenated alkanes) is 1. The van der Waals surface area contributed by atoms with Crippen LogP contribution < -0.4 is 5.32 Å². The van der Waals surface area contributed by atoms with Gasteiger partial charge in [-0.05, 0) is 20.3 Å². The van der Waals surface area contributed by atoms with Crippen LogP contribution in [0, 0.1) is 5.92 Å². The monoisotopic (exact) mass is 281 g/mol. The van der Waals surface area contributed by atoms with E-state index in [1.807, 2.05) is 25.7 Å². The number of rotatable bonds is 3. The van der Waals surface area contributed by atoms with E-state index in [-0.39, 0.29) is 23.9 Å². The lowest BCUT2D eigenvalue weighted by Crippen LogP contribution is -2.60. The van der Waals surface area contributed by atoms with Crippen LogP contribution in [-0.4, -0.2) is 48.0 Å². The maximum absolute atomic E-state index is 12.1. The second-order valence-corrected chi connectivity index (χ2v) is 5.60. The van der Waals surface area contributed by atoms with Crippen LogP contribution in [0.1, 0.15) is 40.0 Å². The summed E-state index contributed by atoms with van der Waals surface area (Å²) in [7, 11) is 0. The summed E-state index contributed by atoms with van der Waals surface area (Å²) in [6.45, 7) is 7.19. The van der Waals surface area contributed by atoms with Gasteiger partial charge in [0.2, 0.25) is 11.9 Å². The first kappa shape index (κ1) is 15.0. The van der Waals surface area contributed by atoms with Gasteiger partial charge in [-0.3, -0.25) is 14.9 Å². The number of hydrogen-bond donors (Lipinski definition) is 1. The van der Waals surface area contributed by atoms with Gasteiger partial charge in [-0.1, -0.05) is 19.8 Å².